The summed E-state index contributed by atoms with van der Waals surface area (Å²) in [6.07, 6.45) is 0.991. The molecule has 2 heterocycles. The molecule has 1 atom stereocenters. The van der Waals surface area contributed by atoms with Crippen LogP contribution in [-0.2, 0) is 19.9 Å². The van der Waals surface area contributed by atoms with E-state index in [1.165, 1.54) is 36.3 Å². The summed E-state index contributed by atoms with van der Waals surface area (Å²) in [6, 6.07) is 12.8. The number of anilines is 1. The van der Waals surface area contributed by atoms with Gasteiger partial charge < -0.3 is 25.8 Å². The predicted molar refractivity (Wildman–Crippen MR) is 135 cm³/mol. The van der Waals surface area contributed by atoms with Crippen molar-refractivity contribution < 1.29 is 29.0 Å². The Balaban J connectivity index is 1.57. The Morgan fingerprint density at radius 3 is 2.35 bits per heavy atom. The molecular formula is C26H29N5O6. The molecule has 3 amide bonds. The first-order valence-corrected chi connectivity index (χ1v) is 11.8. The van der Waals surface area contributed by atoms with E-state index in [1.807, 2.05) is 0 Å². The minimum Gasteiger partial charge on any atom is -0.478 e. The molecule has 1 saturated heterocycles. The van der Waals surface area contributed by atoms with E-state index < -0.39 is 11.5 Å². The smallest absolute Gasteiger partial charge is 0.335 e. The van der Waals surface area contributed by atoms with Crippen molar-refractivity contribution in [3.63, 3.8) is 0 Å². The molecule has 2 aromatic carbocycles. The van der Waals surface area contributed by atoms with Crippen molar-refractivity contribution in [3.05, 3.63) is 65.2 Å². The van der Waals surface area contributed by atoms with Crippen molar-refractivity contribution in [2.75, 3.05) is 39.2 Å². The van der Waals surface area contributed by atoms with E-state index in [1.54, 1.807) is 36.2 Å². The molecule has 2 aliphatic rings. The summed E-state index contributed by atoms with van der Waals surface area (Å²) in [4.78, 5) is 57.4. The van der Waals surface area contributed by atoms with E-state index >= 15 is 0 Å². The lowest BCUT2D eigenvalue weighted by atomic mass is 9.73. The number of likely N-dealkylation sites (tertiary alicyclic amines) is 1. The Morgan fingerprint density at radius 2 is 1.78 bits per heavy atom. The van der Waals surface area contributed by atoms with Crippen molar-refractivity contribution in [2.24, 2.45) is 16.6 Å². The number of hydrogen-bond donors (Lipinski definition) is 3. The van der Waals surface area contributed by atoms with Crippen LogP contribution >= 0.6 is 0 Å². The van der Waals surface area contributed by atoms with Crippen LogP contribution in [0.1, 0.15) is 39.1 Å². The second-order valence-electron chi connectivity index (χ2n) is 9.11. The van der Waals surface area contributed by atoms with Gasteiger partial charge in [-0.15, -0.1) is 0 Å². The van der Waals surface area contributed by atoms with Gasteiger partial charge in [-0.2, -0.15) is 0 Å². The van der Waals surface area contributed by atoms with E-state index in [4.69, 9.17) is 15.6 Å². The monoisotopic (exact) mass is 507 g/mol. The molecule has 37 heavy (non-hydrogen) atoms. The number of carboxylic acids is 1. The Bertz CT molecular complexity index is 1250. The second-order valence-corrected chi connectivity index (χ2v) is 9.11. The summed E-state index contributed by atoms with van der Waals surface area (Å²) in [7, 11) is 3.00. The predicted octanol–water partition coefficient (Wildman–Crippen LogP) is 1.50. The van der Waals surface area contributed by atoms with Crippen molar-refractivity contribution in [1.29, 1.82) is 0 Å². The van der Waals surface area contributed by atoms with Gasteiger partial charge in [0.1, 0.15) is 6.61 Å². The quantitative estimate of drug-likeness (QED) is 0.513. The van der Waals surface area contributed by atoms with Crippen LogP contribution in [0, 0.1) is 5.92 Å². The van der Waals surface area contributed by atoms with Crippen LogP contribution in [-0.4, -0.2) is 78.4 Å². The number of carbonyl (C=O) groups excluding carboxylic acids is 3. The highest BCUT2D eigenvalue weighted by Crippen LogP contribution is 2.44. The first-order valence-electron chi connectivity index (χ1n) is 11.8. The number of likely N-dealkylation sites (N-methyl/N-ethyl adjacent to an activating group) is 1. The van der Waals surface area contributed by atoms with Gasteiger partial charge in [0.2, 0.25) is 5.91 Å². The number of carbonyl (C=O) groups is 4. The minimum absolute atomic E-state index is 0.104. The molecule has 11 nitrogen and oxygen atoms in total. The van der Waals surface area contributed by atoms with E-state index in [0.29, 0.717) is 42.7 Å². The van der Waals surface area contributed by atoms with Crippen LogP contribution in [0.4, 0.5) is 5.69 Å². The maximum Gasteiger partial charge on any atom is 0.335 e. The summed E-state index contributed by atoms with van der Waals surface area (Å²) in [6.45, 7) is 0.679. The van der Waals surface area contributed by atoms with Crippen molar-refractivity contribution in [3.8, 4) is 0 Å². The molecule has 11 heteroatoms. The van der Waals surface area contributed by atoms with Crippen LogP contribution in [0.2, 0.25) is 0 Å². The Labute approximate surface area is 213 Å². The first-order chi connectivity index (χ1) is 17.7. The fourth-order valence-corrected chi connectivity index (χ4v) is 4.95. The molecule has 0 saturated carbocycles. The molecule has 1 unspecified atom stereocenters. The van der Waals surface area contributed by atoms with E-state index in [2.05, 4.69) is 10.3 Å². The number of nitrogens with zero attached hydrogens (tertiary/aromatic N) is 3. The lowest BCUT2D eigenvalue weighted by Gasteiger charge is -2.40. The Hall–Kier alpha value is -4.25. The van der Waals surface area contributed by atoms with E-state index in [-0.39, 0.29) is 41.8 Å². The van der Waals surface area contributed by atoms with Crippen LogP contribution in [0.5, 0.6) is 0 Å². The molecular weight excluding hydrogens is 478 g/mol. The number of nitrogens with one attached hydrogen (secondary N) is 1. The highest BCUT2D eigenvalue weighted by molar-refractivity contribution is 6.07. The Kier molecular flexibility index (Phi) is 7.25. The molecule has 2 aliphatic heterocycles. The van der Waals surface area contributed by atoms with E-state index in [0.717, 1.165) is 0 Å². The number of piperidine rings is 1. The number of ether oxygens (including phenoxy) is 1. The number of guanidine groups is 1. The molecule has 0 aliphatic carbocycles. The number of aliphatic imine (C=N–C) groups is 1. The van der Waals surface area contributed by atoms with Gasteiger partial charge >= 0.3 is 5.97 Å². The number of nitrogens with two attached hydrogens (primary N) is 1. The van der Waals surface area contributed by atoms with Gasteiger partial charge in [0.05, 0.1) is 5.56 Å². The molecule has 194 valence electrons. The summed E-state index contributed by atoms with van der Waals surface area (Å²) >= 11 is 0. The van der Waals surface area contributed by atoms with Crippen molar-refractivity contribution >= 4 is 35.3 Å². The highest BCUT2D eigenvalue weighted by atomic mass is 16.5. The SMILES string of the molecule is COCC(=O)Nc1cccc(C2(C3CCN(C(=O)c4ccc(C(=O)O)cc4)CC3)N=C(N)N(C)C2=O)c1. The van der Waals surface area contributed by atoms with Crippen LogP contribution in [0.3, 0.4) is 0 Å². The fraction of sp³-hybridized carbons (Fsp3) is 0.346. The average Bonchev–Trinajstić information content (AvgIpc) is 3.13. The summed E-state index contributed by atoms with van der Waals surface area (Å²) in [5.74, 6) is -1.99. The molecule has 0 bridgehead atoms. The third-order valence-electron chi connectivity index (χ3n) is 6.88. The number of carboxylic acid groups (broad SMARTS) is 1. The zero-order chi connectivity index (χ0) is 26.7. The summed E-state index contributed by atoms with van der Waals surface area (Å²) < 4.78 is 4.87. The van der Waals surface area contributed by atoms with Crippen molar-refractivity contribution in [1.82, 2.24) is 9.80 Å². The van der Waals surface area contributed by atoms with Gasteiger partial charge in [-0.05, 0) is 54.8 Å². The van der Waals surface area contributed by atoms with Gasteiger partial charge in [-0.3, -0.25) is 19.3 Å². The zero-order valence-corrected chi connectivity index (χ0v) is 20.6. The van der Waals surface area contributed by atoms with Gasteiger partial charge in [-0.25, -0.2) is 9.79 Å². The standard InChI is InChI=1S/C26H29N5O6/c1-30-24(36)26(29-25(30)27,19-4-3-5-20(14-19)28-21(32)15-37-2)18-10-12-31(13-11-18)22(33)16-6-8-17(9-7-16)23(34)35/h3-9,14,18H,10-13,15H2,1-2H3,(H2,27,29)(H,28,32)(H,34,35). The molecule has 0 radical (unpaired) electrons. The maximum absolute atomic E-state index is 13.6. The van der Waals surface area contributed by atoms with Crippen LogP contribution in [0.25, 0.3) is 0 Å². The van der Waals surface area contributed by atoms with Gasteiger partial charge in [0.15, 0.2) is 11.5 Å². The van der Waals surface area contributed by atoms with Crippen LogP contribution in [0.15, 0.2) is 53.5 Å². The molecule has 4 N–H and O–H groups in total. The summed E-state index contributed by atoms with van der Waals surface area (Å²) in [5, 5.41) is 11.8. The lowest BCUT2D eigenvalue weighted by molar-refractivity contribution is -0.133. The number of methoxy groups -OCH3 is 1. The first kappa shape index (κ1) is 25.8. The number of benzene rings is 2. The fourth-order valence-electron chi connectivity index (χ4n) is 4.95. The zero-order valence-electron chi connectivity index (χ0n) is 20.6. The number of amides is 3. The summed E-state index contributed by atoms with van der Waals surface area (Å²) in [5.41, 5.74) is 6.44. The molecule has 2 aromatic rings. The van der Waals surface area contributed by atoms with Gasteiger partial charge in [-0.1, -0.05) is 12.1 Å². The second kappa shape index (κ2) is 10.4. The maximum atomic E-state index is 13.6. The third-order valence-corrected chi connectivity index (χ3v) is 6.88. The number of rotatable bonds is 7. The number of aromatic carboxylic acids is 1. The van der Waals surface area contributed by atoms with Crippen LogP contribution < -0.4 is 11.1 Å². The normalized spacial score (nSPS) is 20.1. The molecule has 4 rings (SSSR count). The third kappa shape index (κ3) is 4.90. The minimum atomic E-state index is -1.28. The highest BCUT2D eigenvalue weighted by Gasteiger charge is 2.54. The lowest BCUT2D eigenvalue weighted by Crippen LogP contribution is -2.49. The molecule has 0 spiro atoms. The average molecular weight is 508 g/mol. The number of hydrogen-bond acceptors (Lipinski definition) is 7. The van der Waals surface area contributed by atoms with Gasteiger partial charge in [0.25, 0.3) is 11.8 Å². The Morgan fingerprint density at radius 1 is 1.14 bits per heavy atom. The van der Waals surface area contributed by atoms with E-state index in [9.17, 15) is 19.2 Å². The van der Waals surface area contributed by atoms with Crippen molar-refractivity contribution in [2.45, 2.75) is 18.4 Å². The topological polar surface area (TPSA) is 155 Å². The molecule has 0 aromatic heterocycles. The van der Waals surface area contributed by atoms with Gasteiger partial charge in [0, 0.05) is 44.4 Å². The molecule has 1 fully saturated rings. The largest absolute Gasteiger partial charge is 0.478 e.